The van der Waals surface area contributed by atoms with Crippen molar-refractivity contribution in [1.29, 1.82) is 0 Å². The molecule has 0 saturated heterocycles. The van der Waals surface area contributed by atoms with E-state index in [-0.39, 0.29) is 17.4 Å². The van der Waals surface area contributed by atoms with E-state index in [2.05, 4.69) is 25.7 Å². The molecule has 3 rings (SSSR count). The Hall–Kier alpha value is -3.42. The van der Waals surface area contributed by atoms with Crippen molar-refractivity contribution >= 4 is 17.4 Å². The summed E-state index contributed by atoms with van der Waals surface area (Å²) in [5, 5.41) is 24.0. The van der Waals surface area contributed by atoms with Crippen LogP contribution in [0.5, 0.6) is 5.75 Å². The van der Waals surface area contributed by atoms with Crippen LogP contribution in [0.1, 0.15) is 23.1 Å². The van der Waals surface area contributed by atoms with Crippen LogP contribution in [0.15, 0.2) is 48.8 Å². The molecule has 0 unspecified atom stereocenters. The molecule has 2 heterocycles. The monoisotopic (exact) mass is 313 g/mol. The molecule has 0 radical (unpaired) electrons. The Morgan fingerprint density at radius 2 is 1.48 bits per heavy atom. The number of hydrogen-bond acceptors (Lipinski definition) is 5. The molecule has 8 heteroatoms. The first-order valence-electron chi connectivity index (χ1n) is 6.66. The molecule has 8 nitrogen and oxygen atoms in total. The second-order valence-corrected chi connectivity index (χ2v) is 4.50. The van der Waals surface area contributed by atoms with Crippen molar-refractivity contribution in [3.05, 3.63) is 60.2 Å². The number of amides is 1. The molecule has 0 aliphatic heterocycles. The van der Waals surface area contributed by atoms with E-state index in [1.807, 2.05) is 0 Å². The third-order valence-corrected chi connectivity index (χ3v) is 2.68. The maximum Gasteiger partial charge on any atom is 0.228 e. The average Bonchev–Trinajstić information content (AvgIpc) is 3.23. The Labute approximate surface area is 131 Å². The number of H-pyrrole nitrogens is 2. The maximum absolute atomic E-state index is 11.4. The van der Waals surface area contributed by atoms with Gasteiger partial charge in [-0.15, -0.1) is 0 Å². The molecule has 0 fully saturated rings. The maximum atomic E-state index is 11.4. The number of carbonyl (C=O) groups excluding carboxylic acids is 2. The van der Waals surface area contributed by atoms with Crippen LogP contribution in [-0.2, 0) is 4.79 Å². The molecule has 0 saturated carbocycles. The number of aromatic amines is 2. The van der Waals surface area contributed by atoms with Crippen LogP contribution < -0.4 is 5.32 Å². The van der Waals surface area contributed by atoms with Crippen LogP contribution in [0.4, 0.5) is 5.69 Å². The lowest BCUT2D eigenvalue weighted by atomic mass is 10.2. The van der Waals surface area contributed by atoms with Gasteiger partial charge in [-0.3, -0.25) is 19.8 Å². The number of rotatable bonds is 3. The first-order valence-corrected chi connectivity index (χ1v) is 6.66. The van der Waals surface area contributed by atoms with Crippen LogP contribution in [0.2, 0.25) is 0 Å². The lowest BCUT2D eigenvalue weighted by molar-refractivity contribution is -0.114. The standard InChI is InChI=1S/C8H9NO2.C7H6N4O/c1-6(10)9-7-2-4-8(11)5-3-7;12-7(5-1-3-8-10-5)6-2-4-9-11-6/h2-5,11H,1H3,(H,9,10);1-4H,(H,8,10)(H,9,11). The molecule has 1 aromatic carbocycles. The number of phenols is 1. The van der Waals surface area contributed by atoms with Crippen LogP contribution in [-0.4, -0.2) is 37.2 Å². The van der Waals surface area contributed by atoms with Gasteiger partial charge in [-0.1, -0.05) is 0 Å². The number of phenolic OH excluding ortho intramolecular Hbond substituents is 1. The summed E-state index contributed by atoms with van der Waals surface area (Å²) in [6, 6.07) is 9.54. The summed E-state index contributed by atoms with van der Waals surface area (Å²) >= 11 is 0. The number of benzene rings is 1. The van der Waals surface area contributed by atoms with Gasteiger partial charge in [0.25, 0.3) is 0 Å². The zero-order chi connectivity index (χ0) is 16.7. The highest BCUT2D eigenvalue weighted by molar-refractivity contribution is 6.06. The summed E-state index contributed by atoms with van der Waals surface area (Å²) in [5.41, 5.74) is 1.61. The van der Waals surface area contributed by atoms with Gasteiger partial charge in [0.05, 0.1) is 0 Å². The number of nitrogens with zero attached hydrogens (tertiary/aromatic N) is 2. The van der Waals surface area contributed by atoms with E-state index < -0.39 is 0 Å². The minimum atomic E-state index is -0.134. The first-order chi connectivity index (χ1) is 11.1. The summed E-state index contributed by atoms with van der Waals surface area (Å²) in [4.78, 5) is 22.0. The zero-order valence-electron chi connectivity index (χ0n) is 12.3. The van der Waals surface area contributed by atoms with E-state index in [9.17, 15) is 9.59 Å². The molecule has 4 N–H and O–H groups in total. The summed E-state index contributed by atoms with van der Waals surface area (Å²) in [6.07, 6.45) is 3.06. The summed E-state index contributed by atoms with van der Waals surface area (Å²) in [7, 11) is 0. The normalized spacial score (nSPS) is 9.61. The van der Waals surface area contributed by atoms with Crippen LogP contribution in [0, 0.1) is 0 Å². The second kappa shape index (κ2) is 7.55. The summed E-state index contributed by atoms with van der Waals surface area (Å²) in [5.74, 6) is -0.0557. The Morgan fingerprint density at radius 1 is 0.957 bits per heavy atom. The third-order valence-electron chi connectivity index (χ3n) is 2.68. The Kier molecular flexibility index (Phi) is 5.24. The largest absolute Gasteiger partial charge is 0.508 e. The number of hydrogen-bond donors (Lipinski definition) is 4. The van der Waals surface area contributed by atoms with Gasteiger partial charge in [0.1, 0.15) is 17.1 Å². The second-order valence-electron chi connectivity index (χ2n) is 4.50. The fourth-order valence-electron chi connectivity index (χ4n) is 1.66. The van der Waals surface area contributed by atoms with E-state index in [0.717, 1.165) is 0 Å². The number of carbonyl (C=O) groups is 2. The molecule has 0 aliphatic carbocycles. The van der Waals surface area contributed by atoms with Gasteiger partial charge in [0.15, 0.2) is 0 Å². The van der Waals surface area contributed by atoms with Gasteiger partial charge in [-0.2, -0.15) is 10.2 Å². The topological polar surface area (TPSA) is 124 Å². The van der Waals surface area contributed by atoms with Gasteiger partial charge < -0.3 is 10.4 Å². The molecule has 0 aliphatic rings. The Bertz CT molecular complexity index is 713. The van der Waals surface area contributed by atoms with Crippen LogP contribution in [0.3, 0.4) is 0 Å². The van der Waals surface area contributed by atoms with Gasteiger partial charge in [-0.05, 0) is 36.4 Å². The van der Waals surface area contributed by atoms with Crippen molar-refractivity contribution in [2.24, 2.45) is 0 Å². The van der Waals surface area contributed by atoms with Gasteiger partial charge in [0, 0.05) is 25.0 Å². The number of ketones is 1. The van der Waals surface area contributed by atoms with Gasteiger partial charge in [-0.25, -0.2) is 0 Å². The predicted molar refractivity (Wildman–Crippen MR) is 83.0 cm³/mol. The van der Waals surface area contributed by atoms with E-state index >= 15 is 0 Å². The number of anilines is 1. The smallest absolute Gasteiger partial charge is 0.228 e. The van der Waals surface area contributed by atoms with Crippen LogP contribution >= 0.6 is 0 Å². The molecular weight excluding hydrogens is 298 g/mol. The van der Waals surface area contributed by atoms with Crippen molar-refractivity contribution < 1.29 is 14.7 Å². The Balaban J connectivity index is 0.000000168. The fourth-order valence-corrected chi connectivity index (χ4v) is 1.66. The zero-order valence-corrected chi connectivity index (χ0v) is 12.3. The van der Waals surface area contributed by atoms with Crippen molar-refractivity contribution in [2.45, 2.75) is 6.92 Å². The molecule has 0 bridgehead atoms. The highest BCUT2D eigenvalue weighted by atomic mass is 16.3. The fraction of sp³-hybridized carbons (Fsp3) is 0.0667. The molecule has 2 aromatic heterocycles. The molecular formula is C15H15N5O3. The SMILES string of the molecule is CC(=O)Nc1ccc(O)cc1.O=C(c1ccn[nH]1)c1ccn[nH]1. The molecule has 1 amide bonds. The molecule has 23 heavy (non-hydrogen) atoms. The van der Waals surface area contributed by atoms with Crippen molar-refractivity contribution in [1.82, 2.24) is 20.4 Å². The third kappa shape index (κ3) is 4.81. The molecule has 0 spiro atoms. The van der Waals surface area contributed by atoms with E-state index in [0.29, 0.717) is 17.1 Å². The number of aromatic nitrogens is 4. The van der Waals surface area contributed by atoms with E-state index in [1.165, 1.54) is 31.5 Å². The first kappa shape index (κ1) is 16.0. The van der Waals surface area contributed by atoms with Crippen molar-refractivity contribution in [3.63, 3.8) is 0 Å². The molecule has 0 atom stereocenters. The Morgan fingerprint density at radius 3 is 1.87 bits per heavy atom. The number of aromatic hydroxyl groups is 1. The molecule has 3 aromatic rings. The highest BCUT2D eigenvalue weighted by Crippen LogP contribution is 2.13. The highest BCUT2D eigenvalue weighted by Gasteiger charge is 2.10. The van der Waals surface area contributed by atoms with E-state index in [1.54, 1.807) is 24.3 Å². The molecule has 118 valence electrons. The average molecular weight is 313 g/mol. The van der Waals surface area contributed by atoms with Gasteiger partial charge >= 0.3 is 0 Å². The van der Waals surface area contributed by atoms with Crippen molar-refractivity contribution in [3.8, 4) is 5.75 Å². The minimum absolute atomic E-state index is 0.115. The lowest BCUT2D eigenvalue weighted by Gasteiger charge is -1.99. The van der Waals surface area contributed by atoms with Crippen LogP contribution in [0.25, 0.3) is 0 Å². The van der Waals surface area contributed by atoms with Crippen molar-refractivity contribution in [2.75, 3.05) is 5.32 Å². The van der Waals surface area contributed by atoms with E-state index in [4.69, 9.17) is 5.11 Å². The quantitative estimate of drug-likeness (QED) is 0.433. The number of nitrogens with one attached hydrogen (secondary N) is 3. The summed E-state index contributed by atoms with van der Waals surface area (Å²) in [6.45, 7) is 1.44. The van der Waals surface area contributed by atoms with Gasteiger partial charge in [0.2, 0.25) is 11.7 Å². The minimum Gasteiger partial charge on any atom is -0.508 e. The lowest BCUT2D eigenvalue weighted by Crippen LogP contribution is -2.04. The summed E-state index contributed by atoms with van der Waals surface area (Å²) < 4.78 is 0. The predicted octanol–water partition coefficient (Wildman–Crippen LogP) is 1.71.